The van der Waals surface area contributed by atoms with E-state index in [2.05, 4.69) is 0 Å². The molecule has 0 N–H and O–H groups in total. The molecule has 0 amide bonds. The van der Waals surface area contributed by atoms with Gasteiger partial charge in [0.25, 0.3) is 4.59 Å². The van der Waals surface area contributed by atoms with E-state index in [-0.39, 0.29) is 6.42 Å². The molecule has 0 rings (SSSR count). The number of hydrogen-bond donors (Lipinski definition) is 0. The van der Waals surface area contributed by atoms with Gasteiger partial charge in [0.2, 0.25) is 0 Å². The molecule has 0 aromatic rings. The van der Waals surface area contributed by atoms with Crippen LogP contribution in [0.4, 0.5) is 4.39 Å². The van der Waals surface area contributed by atoms with Crippen LogP contribution in [0.2, 0.25) is 0 Å². The lowest BCUT2D eigenvalue weighted by Crippen LogP contribution is -2.02. The Kier molecular flexibility index (Phi) is 5.00. The standard InChI is InChI=1S/C5H8Cl3F/c6-4-2-1-3-5(7,8)9/h1-4H2. The monoisotopic (exact) mass is 192 g/mol. The van der Waals surface area contributed by atoms with Gasteiger partial charge in [0.1, 0.15) is 0 Å². The molecule has 0 aliphatic heterocycles. The highest BCUT2D eigenvalue weighted by atomic mass is 35.5. The number of hydrogen-bond acceptors (Lipinski definition) is 0. The summed E-state index contributed by atoms with van der Waals surface area (Å²) < 4.78 is 10.1. The van der Waals surface area contributed by atoms with Gasteiger partial charge >= 0.3 is 0 Å². The highest BCUT2D eigenvalue weighted by Crippen LogP contribution is 2.28. The minimum Gasteiger partial charge on any atom is -0.208 e. The first-order valence-corrected chi connectivity index (χ1v) is 3.98. The van der Waals surface area contributed by atoms with Crippen LogP contribution in [0.1, 0.15) is 19.3 Å². The Labute approximate surface area is 69.3 Å². The fourth-order valence-corrected chi connectivity index (χ4v) is 0.876. The van der Waals surface area contributed by atoms with Gasteiger partial charge in [-0.3, -0.25) is 0 Å². The molecule has 4 heteroatoms. The van der Waals surface area contributed by atoms with E-state index in [4.69, 9.17) is 34.8 Å². The van der Waals surface area contributed by atoms with Crippen LogP contribution in [0.15, 0.2) is 0 Å². The average Bonchev–Trinajstić information content (AvgIpc) is 1.63. The van der Waals surface area contributed by atoms with E-state index in [1.165, 1.54) is 0 Å². The van der Waals surface area contributed by atoms with Crippen LogP contribution in [0, 0.1) is 0 Å². The van der Waals surface area contributed by atoms with E-state index in [1.807, 2.05) is 0 Å². The van der Waals surface area contributed by atoms with E-state index in [0.29, 0.717) is 12.3 Å². The van der Waals surface area contributed by atoms with Crippen LogP contribution in [0.25, 0.3) is 0 Å². The molecule has 0 heterocycles. The molecule has 0 radical (unpaired) electrons. The van der Waals surface area contributed by atoms with Crippen LogP contribution in [-0.4, -0.2) is 10.5 Å². The number of alkyl halides is 4. The van der Waals surface area contributed by atoms with Gasteiger partial charge in [-0.05, 0) is 12.8 Å². The van der Waals surface area contributed by atoms with Gasteiger partial charge in [0, 0.05) is 12.3 Å². The van der Waals surface area contributed by atoms with Crippen molar-refractivity contribution < 1.29 is 4.39 Å². The molecule has 56 valence electrons. The summed E-state index contributed by atoms with van der Waals surface area (Å²) in [6.07, 6.45) is 1.54. The highest BCUT2D eigenvalue weighted by Gasteiger charge is 2.20. The maximum Gasteiger partial charge on any atom is 0.257 e. The lowest BCUT2D eigenvalue weighted by Gasteiger charge is -2.06. The largest absolute Gasteiger partial charge is 0.257 e. The van der Waals surface area contributed by atoms with Crippen LogP contribution >= 0.6 is 34.8 Å². The fourth-order valence-electron chi connectivity index (χ4n) is 0.420. The topological polar surface area (TPSA) is 0 Å². The van der Waals surface area contributed by atoms with E-state index >= 15 is 0 Å². The molecule has 0 unspecified atom stereocenters. The summed E-state index contributed by atoms with van der Waals surface area (Å²) in [7, 11) is 0. The Hall–Kier alpha value is 0.800. The second kappa shape index (κ2) is 4.59. The summed E-state index contributed by atoms with van der Waals surface area (Å²) in [6.45, 7) is 0. The molecule has 0 aromatic heterocycles. The molecule has 0 aliphatic rings. The second-order valence-electron chi connectivity index (χ2n) is 1.76. The molecule has 0 bridgehead atoms. The van der Waals surface area contributed by atoms with Crippen molar-refractivity contribution in [1.82, 2.24) is 0 Å². The lowest BCUT2D eigenvalue weighted by molar-refractivity contribution is 0.362. The highest BCUT2D eigenvalue weighted by molar-refractivity contribution is 6.47. The van der Waals surface area contributed by atoms with Crippen LogP contribution < -0.4 is 0 Å². The first-order valence-electron chi connectivity index (χ1n) is 2.69. The molecule has 0 saturated heterocycles. The third-order valence-electron chi connectivity index (χ3n) is 0.844. The van der Waals surface area contributed by atoms with Gasteiger partial charge < -0.3 is 0 Å². The summed E-state index contributed by atoms with van der Waals surface area (Å²) in [4.78, 5) is 0. The maximum atomic E-state index is 12.2. The SMILES string of the molecule is FC(Cl)(Cl)CCCCCl. The molecular formula is C5H8Cl3F. The molecule has 0 spiro atoms. The molecule has 0 fully saturated rings. The third kappa shape index (κ3) is 8.80. The normalized spacial score (nSPS) is 12.0. The summed E-state index contributed by atoms with van der Waals surface area (Å²) in [6, 6.07) is 0. The van der Waals surface area contributed by atoms with Crippen molar-refractivity contribution >= 4 is 34.8 Å². The van der Waals surface area contributed by atoms with Crippen molar-refractivity contribution in [2.75, 3.05) is 5.88 Å². The Morgan fingerprint density at radius 2 is 1.78 bits per heavy atom. The first kappa shape index (κ1) is 9.80. The fraction of sp³-hybridized carbons (Fsp3) is 1.00. The number of halogens is 4. The van der Waals surface area contributed by atoms with Crippen LogP contribution in [0.5, 0.6) is 0 Å². The summed E-state index contributed by atoms with van der Waals surface area (Å²) >= 11 is 15.4. The predicted octanol–water partition coefficient (Wildman–Crippen LogP) is 3.50. The van der Waals surface area contributed by atoms with E-state index < -0.39 is 4.59 Å². The summed E-state index contributed by atoms with van der Waals surface area (Å²) in [5, 5.41) is 0. The molecule has 0 nitrogen and oxygen atoms in total. The van der Waals surface area contributed by atoms with Gasteiger partial charge in [0.15, 0.2) is 0 Å². The van der Waals surface area contributed by atoms with Crippen molar-refractivity contribution in [1.29, 1.82) is 0 Å². The molecule has 0 atom stereocenters. The van der Waals surface area contributed by atoms with Crippen LogP contribution in [0.3, 0.4) is 0 Å². The average molecular weight is 193 g/mol. The van der Waals surface area contributed by atoms with Crippen molar-refractivity contribution in [2.24, 2.45) is 0 Å². The van der Waals surface area contributed by atoms with Gasteiger partial charge in [-0.15, -0.1) is 11.6 Å². The van der Waals surface area contributed by atoms with Crippen molar-refractivity contribution in [3.05, 3.63) is 0 Å². The van der Waals surface area contributed by atoms with Gasteiger partial charge in [-0.2, -0.15) is 0 Å². The molecule has 0 aliphatic carbocycles. The maximum absolute atomic E-state index is 12.2. The zero-order valence-electron chi connectivity index (χ0n) is 4.84. The van der Waals surface area contributed by atoms with E-state index in [9.17, 15) is 4.39 Å². The van der Waals surface area contributed by atoms with E-state index in [1.54, 1.807) is 0 Å². The minimum absolute atomic E-state index is 0.156. The quantitative estimate of drug-likeness (QED) is 0.474. The first-order chi connectivity index (χ1) is 4.06. The van der Waals surface area contributed by atoms with Crippen LogP contribution in [-0.2, 0) is 0 Å². The van der Waals surface area contributed by atoms with Crippen molar-refractivity contribution in [2.45, 2.75) is 23.8 Å². The Morgan fingerprint density at radius 1 is 1.22 bits per heavy atom. The van der Waals surface area contributed by atoms with Gasteiger partial charge in [-0.25, -0.2) is 4.39 Å². The summed E-state index contributed by atoms with van der Waals surface area (Å²) in [5.74, 6) is 0.532. The van der Waals surface area contributed by atoms with Gasteiger partial charge in [0.05, 0.1) is 0 Å². The number of rotatable bonds is 4. The summed E-state index contributed by atoms with van der Waals surface area (Å²) in [5.41, 5.74) is 0. The zero-order chi connectivity index (χ0) is 7.33. The predicted molar refractivity (Wildman–Crippen MR) is 40.1 cm³/mol. The van der Waals surface area contributed by atoms with Crippen molar-refractivity contribution in [3.63, 3.8) is 0 Å². The molecule has 0 saturated carbocycles. The molecule has 0 aromatic carbocycles. The lowest BCUT2D eigenvalue weighted by atomic mass is 10.3. The third-order valence-corrected chi connectivity index (χ3v) is 1.49. The second-order valence-corrected chi connectivity index (χ2v) is 3.53. The Morgan fingerprint density at radius 3 is 2.11 bits per heavy atom. The van der Waals surface area contributed by atoms with E-state index in [0.717, 1.165) is 6.42 Å². The minimum atomic E-state index is -2.06. The smallest absolute Gasteiger partial charge is 0.208 e. The van der Waals surface area contributed by atoms with Crippen molar-refractivity contribution in [3.8, 4) is 0 Å². The Balaban J connectivity index is 3.07. The van der Waals surface area contributed by atoms with Gasteiger partial charge in [-0.1, -0.05) is 23.2 Å². The zero-order valence-corrected chi connectivity index (χ0v) is 7.11. The Bertz CT molecular complexity index is 69.1. The number of unbranched alkanes of at least 4 members (excludes halogenated alkanes) is 1. The molecule has 9 heavy (non-hydrogen) atoms. The molecular weight excluding hydrogens is 185 g/mol.